The van der Waals surface area contributed by atoms with Gasteiger partial charge in [-0.2, -0.15) is 0 Å². The molecule has 1 nitrogen and oxygen atoms in total. The number of nitrogens with one attached hydrogen (secondary N) is 1. The second-order valence-corrected chi connectivity index (χ2v) is 5.10. The van der Waals surface area contributed by atoms with Gasteiger partial charge < -0.3 is 5.32 Å². The Morgan fingerprint density at radius 1 is 1.16 bits per heavy atom. The van der Waals surface area contributed by atoms with Gasteiger partial charge in [0, 0.05) is 11.1 Å². The third-order valence-electron chi connectivity index (χ3n) is 3.36. The van der Waals surface area contributed by atoms with E-state index >= 15 is 0 Å². The van der Waals surface area contributed by atoms with Crippen LogP contribution in [0.4, 0.5) is 4.39 Å². The smallest absolute Gasteiger partial charge is 0.123 e. The van der Waals surface area contributed by atoms with E-state index in [4.69, 9.17) is 11.6 Å². The lowest BCUT2D eigenvalue weighted by atomic mass is 9.96. The number of hydrogen-bond acceptors (Lipinski definition) is 1. The molecule has 2 rings (SSSR count). The van der Waals surface area contributed by atoms with Crippen molar-refractivity contribution in [3.8, 4) is 0 Å². The molecule has 1 unspecified atom stereocenters. The molecule has 0 saturated carbocycles. The highest BCUT2D eigenvalue weighted by Crippen LogP contribution is 2.22. The molecule has 0 bridgehead atoms. The van der Waals surface area contributed by atoms with E-state index in [2.05, 4.69) is 5.32 Å². The standard InChI is InChI=1S/C16H17ClFN/c1-11-3-8-15(18)9-13(11)10-16(19-2)12-4-6-14(17)7-5-12/h3-9,16,19H,10H2,1-2H3. The maximum absolute atomic E-state index is 13.3. The lowest BCUT2D eigenvalue weighted by Gasteiger charge is -2.18. The summed E-state index contributed by atoms with van der Waals surface area (Å²) < 4.78 is 13.3. The first-order chi connectivity index (χ1) is 9.10. The normalized spacial score (nSPS) is 12.4. The molecular weight excluding hydrogens is 261 g/mol. The van der Waals surface area contributed by atoms with Crippen LogP contribution in [0.3, 0.4) is 0 Å². The third-order valence-corrected chi connectivity index (χ3v) is 3.61. The minimum atomic E-state index is -0.188. The molecule has 0 heterocycles. The molecule has 0 amide bonds. The highest BCUT2D eigenvalue weighted by Gasteiger charge is 2.12. The maximum Gasteiger partial charge on any atom is 0.123 e. The summed E-state index contributed by atoms with van der Waals surface area (Å²) in [6.07, 6.45) is 0.752. The van der Waals surface area contributed by atoms with Gasteiger partial charge in [-0.05, 0) is 61.3 Å². The molecule has 2 aromatic rings. The van der Waals surface area contributed by atoms with Gasteiger partial charge in [0.2, 0.25) is 0 Å². The van der Waals surface area contributed by atoms with Gasteiger partial charge in [-0.1, -0.05) is 29.8 Å². The molecule has 0 spiro atoms. The predicted octanol–water partition coefficient (Wildman–Crippen LogP) is 4.29. The first-order valence-corrected chi connectivity index (χ1v) is 6.65. The van der Waals surface area contributed by atoms with Crippen LogP contribution in [0.5, 0.6) is 0 Å². The monoisotopic (exact) mass is 277 g/mol. The molecule has 0 radical (unpaired) electrons. The first-order valence-electron chi connectivity index (χ1n) is 6.28. The summed E-state index contributed by atoms with van der Waals surface area (Å²) in [5.41, 5.74) is 3.28. The molecule has 0 aromatic heterocycles. The maximum atomic E-state index is 13.3. The van der Waals surface area contributed by atoms with Crippen LogP contribution in [0.1, 0.15) is 22.7 Å². The van der Waals surface area contributed by atoms with Crippen LogP contribution >= 0.6 is 11.6 Å². The molecule has 2 aromatic carbocycles. The van der Waals surface area contributed by atoms with Crippen LogP contribution in [0.15, 0.2) is 42.5 Å². The highest BCUT2D eigenvalue weighted by atomic mass is 35.5. The van der Waals surface area contributed by atoms with Crippen molar-refractivity contribution in [2.45, 2.75) is 19.4 Å². The number of halogens is 2. The van der Waals surface area contributed by atoms with Gasteiger partial charge in [-0.25, -0.2) is 4.39 Å². The summed E-state index contributed by atoms with van der Waals surface area (Å²) in [4.78, 5) is 0. The number of hydrogen-bond donors (Lipinski definition) is 1. The van der Waals surface area contributed by atoms with Crippen molar-refractivity contribution < 1.29 is 4.39 Å². The van der Waals surface area contributed by atoms with E-state index in [1.807, 2.05) is 44.3 Å². The quantitative estimate of drug-likeness (QED) is 0.879. The zero-order chi connectivity index (χ0) is 13.8. The van der Waals surface area contributed by atoms with Gasteiger partial charge in [0.05, 0.1) is 0 Å². The summed E-state index contributed by atoms with van der Waals surface area (Å²) in [5, 5.41) is 3.99. The Bertz CT molecular complexity index is 551. The van der Waals surface area contributed by atoms with Gasteiger partial charge in [-0.15, -0.1) is 0 Å². The predicted molar refractivity (Wildman–Crippen MR) is 78.1 cm³/mol. The topological polar surface area (TPSA) is 12.0 Å². The highest BCUT2D eigenvalue weighted by molar-refractivity contribution is 6.30. The second kappa shape index (κ2) is 6.18. The molecule has 19 heavy (non-hydrogen) atoms. The number of likely N-dealkylation sites (N-methyl/N-ethyl adjacent to an activating group) is 1. The van der Waals surface area contributed by atoms with E-state index in [1.165, 1.54) is 6.07 Å². The van der Waals surface area contributed by atoms with Gasteiger partial charge in [-0.3, -0.25) is 0 Å². The molecule has 0 saturated heterocycles. The fourth-order valence-electron chi connectivity index (χ4n) is 2.16. The van der Waals surface area contributed by atoms with E-state index in [0.717, 1.165) is 28.1 Å². The number of aryl methyl sites for hydroxylation is 1. The lowest BCUT2D eigenvalue weighted by Crippen LogP contribution is -2.19. The van der Waals surface area contributed by atoms with Crippen LogP contribution in [0, 0.1) is 12.7 Å². The Morgan fingerprint density at radius 3 is 2.47 bits per heavy atom. The van der Waals surface area contributed by atoms with Crippen molar-refractivity contribution in [3.63, 3.8) is 0 Å². The van der Waals surface area contributed by atoms with Crippen LogP contribution in [-0.4, -0.2) is 7.05 Å². The summed E-state index contributed by atoms with van der Waals surface area (Å²) in [6.45, 7) is 2.00. The zero-order valence-electron chi connectivity index (χ0n) is 11.1. The zero-order valence-corrected chi connectivity index (χ0v) is 11.8. The van der Waals surface area contributed by atoms with Gasteiger partial charge >= 0.3 is 0 Å². The minimum Gasteiger partial charge on any atom is -0.313 e. The Balaban J connectivity index is 2.23. The lowest BCUT2D eigenvalue weighted by molar-refractivity contribution is 0.582. The van der Waals surface area contributed by atoms with Crippen molar-refractivity contribution in [2.24, 2.45) is 0 Å². The average Bonchev–Trinajstić information content (AvgIpc) is 2.41. The Labute approximate surface area is 118 Å². The Morgan fingerprint density at radius 2 is 1.84 bits per heavy atom. The molecule has 0 aliphatic heterocycles. The number of rotatable bonds is 4. The van der Waals surface area contributed by atoms with E-state index in [1.54, 1.807) is 6.07 Å². The molecule has 0 fully saturated rings. The number of benzene rings is 2. The summed E-state index contributed by atoms with van der Waals surface area (Å²) in [6, 6.07) is 12.8. The van der Waals surface area contributed by atoms with Gasteiger partial charge in [0.15, 0.2) is 0 Å². The van der Waals surface area contributed by atoms with Gasteiger partial charge in [0.1, 0.15) is 5.82 Å². The minimum absolute atomic E-state index is 0.151. The molecule has 1 N–H and O–H groups in total. The molecule has 100 valence electrons. The average molecular weight is 278 g/mol. The van der Waals surface area contributed by atoms with Crippen LogP contribution in [-0.2, 0) is 6.42 Å². The van der Waals surface area contributed by atoms with Crippen molar-refractivity contribution in [1.29, 1.82) is 0 Å². The summed E-state index contributed by atoms with van der Waals surface area (Å²) in [7, 11) is 1.91. The SMILES string of the molecule is CNC(Cc1cc(F)ccc1C)c1ccc(Cl)cc1. The fraction of sp³-hybridized carbons (Fsp3) is 0.250. The van der Waals surface area contributed by atoms with Crippen molar-refractivity contribution in [2.75, 3.05) is 7.05 Å². The van der Waals surface area contributed by atoms with Crippen molar-refractivity contribution in [1.82, 2.24) is 5.32 Å². The van der Waals surface area contributed by atoms with E-state index in [0.29, 0.717) is 0 Å². The largest absolute Gasteiger partial charge is 0.313 e. The molecule has 0 aliphatic rings. The van der Waals surface area contributed by atoms with E-state index < -0.39 is 0 Å². The molecule has 3 heteroatoms. The first kappa shape index (κ1) is 14.0. The molecular formula is C16H17ClFN. The van der Waals surface area contributed by atoms with Crippen LogP contribution < -0.4 is 5.32 Å². The van der Waals surface area contributed by atoms with Crippen LogP contribution in [0.25, 0.3) is 0 Å². The molecule has 0 aliphatic carbocycles. The van der Waals surface area contributed by atoms with Gasteiger partial charge in [0.25, 0.3) is 0 Å². The van der Waals surface area contributed by atoms with Crippen molar-refractivity contribution >= 4 is 11.6 Å². The summed E-state index contributed by atoms with van der Waals surface area (Å²) in [5.74, 6) is -0.188. The van der Waals surface area contributed by atoms with E-state index in [-0.39, 0.29) is 11.9 Å². The Hall–Kier alpha value is -1.38. The van der Waals surface area contributed by atoms with Crippen molar-refractivity contribution in [3.05, 3.63) is 70.0 Å². The second-order valence-electron chi connectivity index (χ2n) is 4.67. The van der Waals surface area contributed by atoms with E-state index in [9.17, 15) is 4.39 Å². The van der Waals surface area contributed by atoms with Crippen LogP contribution in [0.2, 0.25) is 5.02 Å². The Kier molecular flexibility index (Phi) is 4.56. The molecule has 1 atom stereocenters. The summed E-state index contributed by atoms with van der Waals surface area (Å²) >= 11 is 5.90. The third kappa shape index (κ3) is 3.55. The fourth-order valence-corrected chi connectivity index (χ4v) is 2.29.